The van der Waals surface area contributed by atoms with E-state index in [1.54, 1.807) is 0 Å². The summed E-state index contributed by atoms with van der Waals surface area (Å²) in [5, 5.41) is 24.9. The quantitative estimate of drug-likeness (QED) is 0.128. The van der Waals surface area contributed by atoms with Crippen LogP contribution in [0.25, 0.3) is 230 Å². The summed E-state index contributed by atoms with van der Waals surface area (Å²) in [5.41, 5.74) is 25.7. The molecule has 0 aliphatic carbocycles. The molecule has 0 bridgehead atoms. The molecule has 112 heavy (non-hydrogen) atoms. The average molecular weight is 1420 g/mol. The lowest BCUT2D eigenvalue weighted by molar-refractivity contribution is 1.18. The van der Waals surface area contributed by atoms with Crippen molar-refractivity contribution in [2.24, 2.45) is 0 Å². The van der Waals surface area contributed by atoms with Crippen molar-refractivity contribution in [3.63, 3.8) is 0 Å². The SMILES string of the molecule is c1ccc(-n2c3ccccc3c3cc(-c4ccc5c(c4)c4ccc(-c6ccc7c8cc(-c9ccc%10c(c9)c9ccccc9n%10-c9ccc(-c%10cc%11c%12ccccc%12ccc%11c%11ccccc%10%11)cc9)ccc8n(-c8ccccc8)c7c6)cc4n5-c4cccc(-c5cc6c7ccccc7ccc6c6ccccc56)c4)ccc32)cc1. The summed E-state index contributed by atoms with van der Waals surface area (Å²) in [6.45, 7) is 0. The fourth-order valence-electron chi connectivity index (χ4n) is 19.1. The highest BCUT2D eigenvalue weighted by Gasteiger charge is 2.23. The fourth-order valence-corrected chi connectivity index (χ4v) is 19.1. The smallest absolute Gasteiger partial charge is 0.0547 e. The third kappa shape index (κ3) is 9.43. The minimum atomic E-state index is 1.10. The summed E-state index contributed by atoms with van der Waals surface area (Å²) in [6.07, 6.45) is 0. The van der Waals surface area contributed by atoms with Gasteiger partial charge in [0.05, 0.1) is 44.1 Å². The van der Waals surface area contributed by atoms with Gasteiger partial charge in [-0.15, -0.1) is 0 Å². The van der Waals surface area contributed by atoms with Gasteiger partial charge in [0.15, 0.2) is 0 Å². The van der Waals surface area contributed by atoms with Gasteiger partial charge in [-0.05, 0) is 254 Å². The fraction of sp³-hybridized carbons (Fsp3) is 0. The van der Waals surface area contributed by atoms with Crippen molar-refractivity contribution in [2.45, 2.75) is 0 Å². The summed E-state index contributed by atoms with van der Waals surface area (Å²) in [5.74, 6) is 0. The lowest BCUT2D eigenvalue weighted by Crippen LogP contribution is -1.95. The number of aromatic nitrogens is 4. The molecular formula is C108H66N4. The Morgan fingerprint density at radius 3 is 0.866 bits per heavy atom. The molecule has 0 unspecified atom stereocenters. The maximum Gasteiger partial charge on any atom is 0.0547 e. The van der Waals surface area contributed by atoms with Gasteiger partial charge in [0.1, 0.15) is 0 Å². The van der Waals surface area contributed by atoms with Gasteiger partial charge in [-0.25, -0.2) is 0 Å². The highest BCUT2D eigenvalue weighted by molar-refractivity contribution is 6.24. The summed E-state index contributed by atoms with van der Waals surface area (Å²) < 4.78 is 9.81. The highest BCUT2D eigenvalue weighted by atomic mass is 15.0. The molecule has 0 fully saturated rings. The van der Waals surface area contributed by atoms with Gasteiger partial charge >= 0.3 is 0 Å². The van der Waals surface area contributed by atoms with Crippen LogP contribution in [0.15, 0.2) is 400 Å². The molecule has 0 atom stereocenters. The number of rotatable bonds is 9. The van der Waals surface area contributed by atoms with Crippen molar-refractivity contribution in [1.82, 2.24) is 18.3 Å². The largest absolute Gasteiger partial charge is 0.309 e. The zero-order chi connectivity index (χ0) is 73.2. The summed E-state index contributed by atoms with van der Waals surface area (Å²) in [6, 6.07) is 150. The van der Waals surface area contributed by atoms with Gasteiger partial charge in [0.2, 0.25) is 0 Å². The Labute approximate surface area is 644 Å². The van der Waals surface area contributed by atoms with Gasteiger partial charge in [-0.1, -0.05) is 267 Å². The predicted molar refractivity (Wildman–Crippen MR) is 476 cm³/mol. The number of nitrogens with zero attached hydrogens (tertiary/aromatic N) is 4. The van der Waals surface area contributed by atoms with E-state index in [9.17, 15) is 0 Å². The maximum absolute atomic E-state index is 2.51. The molecule has 0 aliphatic rings. The van der Waals surface area contributed by atoms with Gasteiger partial charge in [-0.3, -0.25) is 0 Å². The van der Waals surface area contributed by atoms with E-state index in [4.69, 9.17) is 0 Å². The van der Waals surface area contributed by atoms with Crippen LogP contribution in [0.2, 0.25) is 0 Å². The lowest BCUT2D eigenvalue weighted by atomic mass is 9.91. The number of hydrogen-bond acceptors (Lipinski definition) is 0. The number of hydrogen-bond donors (Lipinski definition) is 0. The Bertz CT molecular complexity index is 8110. The van der Waals surface area contributed by atoms with Crippen molar-refractivity contribution < 1.29 is 0 Å². The van der Waals surface area contributed by atoms with Crippen LogP contribution in [0.4, 0.5) is 0 Å². The van der Waals surface area contributed by atoms with Gasteiger partial charge in [0, 0.05) is 65.8 Å². The topological polar surface area (TPSA) is 19.7 Å². The van der Waals surface area contributed by atoms with Crippen molar-refractivity contribution in [1.29, 1.82) is 0 Å². The number of para-hydroxylation sites is 4. The molecule has 4 nitrogen and oxygen atoms in total. The van der Waals surface area contributed by atoms with E-state index in [1.165, 1.54) is 174 Å². The van der Waals surface area contributed by atoms with Gasteiger partial charge < -0.3 is 18.3 Å². The van der Waals surface area contributed by atoms with E-state index in [2.05, 4.69) is 419 Å². The second-order valence-corrected chi connectivity index (χ2v) is 30.2. The Balaban J connectivity index is 0.640. The van der Waals surface area contributed by atoms with E-state index in [0.29, 0.717) is 0 Å². The monoisotopic (exact) mass is 1420 g/mol. The van der Waals surface area contributed by atoms with E-state index < -0.39 is 0 Å². The number of fused-ring (bicyclic) bond motifs is 22. The van der Waals surface area contributed by atoms with Gasteiger partial charge in [0.25, 0.3) is 0 Å². The average Bonchev–Trinajstić information content (AvgIpc) is 1.29. The third-order valence-corrected chi connectivity index (χ3v) is 24.3. The Hall–Kier alpha value is -14.8. The van der Waals surface area contributed by atoms with Crippen molar-refractivity contribution in [3.05, 3.63) is 400 Å². The minimum Gasteiger partial charge on any atom is -0.309 e. The Kier molecular flexibility index (Phi) is 13.5. The molecule has 4 heterocycles. The molecule has 24 rings (SSSR count). The molecule has 0 aliphatic heterocycles. The summed E-state index contributed by atoms with van der Waals surface area (Å²) in [4.78, 5) is 0. The lowest BCUT2D eigenvalue weighted by Gasteiger charge is -2.15. The highest BCUT2D eigenvalue weighted by Crippen LogP contribution is 2.47. The van der Waals surface area contributed by atoms with E-state index in [0.717, 1.165) is 55.9 Å². The second-order valence-electron chi connectivity index (χ2n) is 30.2. The van der Waals surface area contributed by atoms with Crippen LogP contribution in [0.3, 0.4) is 0 Å². The van der Waals surface area contributed by atoms with Gasteiger partial charge in [-0.2, -0.15) is 0 Å². The third-order valence-electron chi connectivity index (χ3n) is 24.3. The molecular weight excluding hydrogens is 1350 g/mol. The van der Waals surface area contributed by atoms with Crippen LogP contribution >= 0.6 is 0 Å². The van der Waals surface area contributed by atoms with E-state index in [-0.39, 0.29) is 0 Å². The summed E-state index contributed by atoms with van der Waals surface area (Å²) >= 11 is 0. The maximum atomic E-state index is 2.51. The molecule has 0 N–H and O–H groups in total. The zero-order valence-corrected chi connectivity index (χ0v) is 60.9. The molecule has 0 spiro atoms. The Morgan fingerprint density at radius 1 is 0.116 bits per heavy atom. The van der Waals surface area contributed by atoms with Crippen LogP contribution in [0.5, 0.6) is 0 Å². The molecule has 0 radical (unpaired) electrons. The first-order valence-electron chi connectivity index (χ1n) is 38.8. The second kappa shape index (κ2) is 24.3. The Morgan fingerprint density at radius 2 is 0.411 bits per heavy atom. The first-order chi connectivity index (χ1) is 55.5. The molecule has 4 aromatic heterocycles. The van der Waals surface area contributed by atoms with Crippen molar-refractivity contribution in [3.8, 4) is 78.4 Å². The minimum absolute atomic E-state index is 1.10. The predicted octanol–water partition coefficient (Wildman–Crippen LogP) is 29.3. The molecule has 24 aromatic rings. The molecule has 0 saturated carbocycles. The molecule has 518 valence electrons. The van der Waals surface area contributed by atoms with E-state index in [1.807, 2.05) is 0 Å². The van der Waals surface area contributed by atoms with Crippen LogP contribution in [-0.2, 0) is 0 Å². The molecule has 0 saturated heterocycles. The van der Waals surface area contributed by atoms with Crippen LogP contribution in [0.1, 0.15) is 0 Å². The van der Waals surface area contributed by atoms with Crippen molar-refractivity contribution in [2.75, 3.05) is 0 Å². The van der Waals surface area contributed by atoms with Crippen LogP contribution < -0.4 is 0 Å². The normalized spacial score (nSPS) is 12.1. The standard InChI is InChI=1S/C108H66N4/c1-3-23-77(24-4-1)109-101-36-17-15-34-89(101)97-59-70(44-54-103(97)109)73-47-57-106-100(62-73)92-53-43-75(64-108(92)112(106)80-27-19-22-76(58-80)94-66-96-82-29-10-8-21-68(82)41-51-88(96)84-31-12-14-33-86(84)94)74-42-52-91-99-61-72(46-56-105(99)111(107(91)63-74)78-25-5-2-6-26-78)71-45-55-104-98(60-71)90-35-16-18-37-102(90)110(104)79-48-38-69(39-49-79)93-65-95-81-28-9-7-20-67(81)40-50-87(95)83-30-11-13-32-85(83)93/h1-66H. The van der Waals surface area contributed by atoms with Crippen LogP contribution in [-0.4, -0.2) is 18.3 Å². The summed E-state index contributed by atoms with van der Waals surface area (Å²) in [7, 11) is 0. The molecule has 4 heteroatoms. The van der Waals surface area contributed by atoms with Crippen molar-refractivity contribution >= 4 is 152 Å². The first kappa shape index (κ1) is 62.2. The molecule has 0 amide bonds. The van der Waals surface area contributed by atoms with E-state index >= 15 is 0 Å². The number of benzene rings is 20. The molecule has 20 aromatic carbocycles. The zero-order valence-electron chi connectivity index (χ0n) is 60.9. The van der Waals surface area contributed by atoms with Crippen LogP contribution in [0, 0.1) is 0 Å². The first-order valence-corrected chi connectivity index (χ1v) is 38.8.